The van der Waals surface area contributed by atoms with E-state index in [1.54, 1.807) is 17.4 Å². The Balaban J connectivity index is 1.21. The third-order valence-corrected chi connectivity index (χ3v) is 10.2. The molecule has 6 rings (SSSR count). The second-order valence-electron chi connectivity index (χ2n) is 10.0. The lowest BCUT2D eigenvalue weighted by molar-refractivity contribution is -0.142. The van der Waals surface area contributed by atoms with E-state index >= 15 is 0 Å². The number of likely N-dealkylation sites (N-methyl/N-ethyl adjacent to an activating group) is 1. The summed E-state index contributed by atoms with van der Waals surface area (Å²) in [6.07, 6.45) is 3.71. The molecule has 3 fully saturated rings. The number of aromatic nitrogens is 2. The number of fused-ring (bicyclic) bond motifs is 2. The van der Waals surface area contributed by atoms with Gasteiger partial charge in [0, 0.05) is 49.8 Å². The summed E-state index contributed by atoms with van der Waals surface area (Å²) in [4.78, 5) is 41.4. The highest BCUT2D eigenvalue weighted by molar-refractivity contribution is 7.21. The van der Waals surface area contributed by atoms with Gasteiger partial charge in [-0.25, -0.2) is 9.97 Å². The van der Waals surface area contributed by atoms with Crippen LogP contribution >= 0.6 is 45.9 Å². The maximum atomic E-state index is 13.2. The minimum atomic E-state index is -0.768. The zero-order valence-electron chi connectivity index (χ0n) is 20.6. The van der Waals surface area contributed by atoms with Crippen molar-refractivity contribution in [3.63, 3.8) is 0 Å². The molecule has 2 unspecified atom stereocenters. The average molecular weight is 594 g/mol. The third kappa shape index (κ3) is 4.86. The molecule has 2 atom stereocenters. The van der Waals surface area contributed by atoms with Crippen molar-refractivity contribution in [2.45, 2.75) is 31.3 Å². The number of carboxylic acids is 1. The Bertz CT molecular complexity index is 1390. The first-order valence-electron chi connectivity index (χ1n) is 12.4. The molecule has 0 saturated carbocycles. The molecular weight excluding hydrogens is 567 g/mol. The number of amides is 1. The van der Waals surface area contributed by atoms with Crippen molar-refractivity contribution in [1.82, 2.24) is 14.9 Å². The number of nitrogens with one attached hydrogen (secondary N) is 1. The zero-order chi connectivity index (χ0) is 26.6. The first-order chi connectivity index (χ1) is 18.3. The summed E-state index contributed by atoms with van der Waals surface area (Å²) < 4.78 is 0. The monoisotopic (exact) mass is 592 g/mol. The molecule has 3 aromatic rings. The van der Waals surface area contributed by atoms with Crippen LogP contribution in [0.1, 0.15) is 29.6 Å². The summed E-state index contributed by atoms with van der Waals surface area (Å²) in [5.74, 6) is -0.884. The standard InChI is InChI=1S/C25H26Cl2N6O3S2/c1-31-10-17-8-16(31)11-33(17)23-20(19-7-15(26)12-37-19)29-25(38-23)30-22(34)14-6-18(27)21(28-9-14)32-4-2-13(3-5-32)24(35)36/h6-7,9,12-13,16-17H,2-5,8,10-11H2,1H3,(H,35,36)(H,29,30,34). The molecule has 2 N–H and O–H groups in total. The number of carboxylic acid groups (broad SMARTS) is 1. The quantitative estimate of drug-likeness (QED) is 0.411. The number of rotatable bonds is 6. The molecule has 3 aliphatic heterocycles. The van der Waals surface area contributed by atoms with Crippen molar-refractivity contribution in [3.05, 3.63) is 39.3 Å². The van der Waals surface area contributed by atoms with Gasteiger partial charge in [0.25, 0.3) is 5.91 Å². The lowest BCUT2D eigenvalue weighted by Gasteiger charge is -2.32. The highest BCUT2D eigenvalue weighted by Gasteiger charge is 2.43. The van der Waals surface area contributed by atoms with E-state index in [0.717, 1.165) is 35.1 Å². The Hall–Kier alpha value is -2.44. The van der Waals surface area contributed by atoms with Crippen LogP contribution < -0.4 is 15.1 Å². The van der Waals surface area contributed by atoms with Gasteiger partial charge in [-0.1, -0.05) is 34.5 Å². The van der Waals surface area contributed by atoms with E-state index in [9.17, 15) is 14.7 Å². The molecule has 200 valence electrons. The van der Waals surface area contributed by atoms with E-state index in [1.807, 2.05) is 16.3 Å². The Kier molecular flexibility index (Phi) is 6.98. The number of aliphatic carboxylic acids is 1. The van der Waals surface area contributed by atoms with Crippen LogP contribution in [-0.4, -0.2) is 77.2 Å². The van der Waals surface area contributed by atoms with E-state index in [2.05, 4.69) is 27.1 Å². The summed E-state index contributed by atoms with van der Waals surface area (Å²) in [5, 5.41) is 16.7. The Labute approximate surface area is 238 Å². The van der Waals surface area contributed by atoms with E-state index in [-0.39, 0.29) is 11.8 Å². The van der Waals surface area contributed by atoms with Crippen molar-refractivity contribution in [3.8, 4) is 10.6 Å². The minimum Gasteiger partial charge on any atom is -0.481 e. The van der Waals surface area contributed by atoms with Crippen LogP contribution in [0.2, 0.25) is 10.0 Å². The number of nitrogens with zero attached hydrogens (tertiary/aromatic N) is 5. The molecule has 3 saturated heterocycles. The Morgan fingerprint density at radius 2 is 1.95 bits per heavy atom. The normalized spacial score (nSPS) is 21.9. The van der Waals surface area contributed by atoms with Gasteiger partial charge in [0.1, 0.15) is 16.5 Å². The number of thiazole rings is 1. The molecule has 1 amide bonds. The number of halogens is 2. The molecule has 2 bridgehead atoms. The summed E-state index contributed by atoms with van der Waals surface area (Å²) in [5.41, 5.74) is 1.17. The van der Waals surface area contributed by atoms with Gasteiger partial charge >= 0.3 is 5.97 Å². The molecule has 13 heteroatoms. The Morgan fingerprint density at radius 3 is 2.55 bits per heavy atom. The number of anilines is 3. The maximum absolute atomic E-state index is 13.2. The van der Waals surface area contributed by atoms with Crippen LogP contribution in [0.3, 0.4) is 0 Å². The molecule has 0 aliphatic carbocycles. The second-order valence-corrected chi connectivity index (χ2v) is 12.8. The predicted octanol–water partition coefficient (Wildman–Crippen LogP) is 5.02. The first-order valence-corrected chi connectivity index (χ1v) is 14.9. The fraction of sp³-hybridized carbons (Fsp3) is 0.440. The van der Waals surface area contributed by atoms with Crippen LogP contribution in [0.4, 0.5) is 16.0 Å². The number of piperazine rings is 1. The molecule has 0 radical (unpaired) electrons. The van der Waals surface area contributed by atoms with Crippen molar-refractivity contribution in [1.29, 1.82) is 0 Å². The number of carbonyl (C=O) groups excluding carboxylic acids is 1. The molecular formula is C25H26Cl2N6O3S2. The maximum Gasteiger partial charge on any atom is 0.306 e. The van der Waals surface area contributed by atoms with Crippen LogP contribution in [-0.2, 0) is 4.79 Å². The van der Waals surface area contributed by atoms with Crippen molar-refractivity contribution < 1.29 is 14.7 Å². The van der Waals surface area contributed by atoms with Gasteiger partial charge in [0.2, 0.25) is 0 Å². The number of hydrogen-bond acceptors (Lipinski definition) is 9. The van der Waals surface area contributed by atoms with Crippen molar-refractivity contribution in [2.24, 2.45) is 5.92 Å². The number of carbonyl (C=O) groups is 2. The predicted molar refractivity (Wildman–Crippen MR) is 152 cm³/mol. The smallest absolute Gasteiger partial charge is 0.306 e. The number of hydrogen-bond donors (Lipinski definition) is 2. The SMILES string of the molecule is CN1CC2CC1CN2c1sc(NC(=O)c2cnc(N3CCC(C(=O)O)CC3)c(Cl)c2)nc1-c1cc(Cl)cs1. The van der Waals surface area contributed by atoms with Crippen molar-refractivity contribution in [2.75, 3.05) is 48.3 Å². The van der Waals surface area contributed by atoms with Gasteiger partial charge in [-0.15, -0.1) is 11.3 Å². The largest absolute Gasteiger partial charge is 0.481 e. The highest BCUT2D eigenvalue weighted by atomic mass is 35.5. The molecule has 9 nitrogen and oxygen atoms in total. The summed E-state index contributed by atoms with van der Waals surface area (Å²) >= 11 is 15.8. The molecule has 0 spiro atoms. The lowest BCUT2D eigenvalue weighted by atomic mass is 9.97. The van der Waals surface area contributed by atoms with Gasteiger partial charge in [0.15, 0.2) is 5.13 Å². The number of likely N-dealkylation sites (tertiary alicyclic amines) is 1. The van der Waals surface area contributed by atoms with Crippen LogP contribution in [0.25, 0.3) is 10.6 Å². The summed E-state index contributed by atoms with van der Waals surface area (Å²) in [6.45, 7) is 3.06. The summed E-state index contributed by atoms with van der Waals surface area (Å²) in [7, 11) is 2.17. The van der Waals surface area contributed by atoms with Gasteiger partial charge in [-0.3, -0.25) is 19.8 Å². The number of thiophene rings is 1. The van der Waals surface area contributed by atoms with Gasteiger partial charge in [0.05, 0.1) is 26.4 Å². The van der Waals surface area contributed by atoms with E-state index < -0.39 is 5.97 Å². The van der Waals surface area contributed by atoms with E-state index in [1.165, 1.54) is 17.5 Å². The lowest BCUT2D eigenvalue weighted by Crippen LogP contribution is -2.44. The van der Waals surface area contributed by atoms with Crippen LogP contribution in [0.15, 0.2) is 23.7 Å². The van der Waals surface area contributed by atoms with Crippen LogP contribution in [0.5, 0.6) is 0 Å². The molecule has 3 aromatic heterocycles. The van der Waals surface area contributed by atoms with E-state index in [4.69, 9.17) is 28.2 Å². The summed E-state index contributed by atoms with van der Waals surface area (Å²) in [6, 6.07) is 4.48. The topological polar surface area (TPSA) is 102 Å². The fourth-order valence-electron chi connectivity index (χ4n) is 5.57. The van der Waals surface area contributed by atoms with Gasteiger partial charge in [-0.2, -0.15) is 0 Å². The average Bonchev–Trinajstić information content (AvgIpc) is 3.67. The number of pyridine rings is 1. The minimum absolute atomic E-state index is 0.332. The fourth-order valence-corrected chi connectivity index (χ4v) is 8.04. The third-order valence-electron chi connectivity index (χ3n) is 7.63. The molecule has 38 heavy (non-hydrogen) atoms. The van der Waals surface area contributed by atoms with Crippen LogP contribution in [0, 0.1) is 5.92 Å². The van der Waals surface area contributed by atoms with Gasteiger partial charge in [-0.05, 0) is 38.4 Å². The first kappa shape index (κ1) is 25.8. The molecule has 0 aromatic carbocycles. The number of piperidine rings is 1. The van der Waals surface area contributed by atoms with Gasteiger partial charge < -0.3 is 14.9 Å². The zero-order valence-corrected chi connectivity index (χ0v) is 23.7. The molecule has 6 heterocycles. The highest BCUT2D eigenvalue weighted by Crippen LogP contribution is 2.46. The van der Waals surface area contributed by atoms with E-state index in [0.29, 0.717) is 64.6 Å². The Morgan fingerprint density at radius 1 is 1.16 bits per heavy atom. The van der Waals surface area contributed by atoms with Crippen molar-refractivity contribution >= 4 is 73.7 Å². The second kappa shape index (κ2) is 10.3. The molecule has 3 aliphatic rings.